The molecule has 2 rings (SSSR count). The minimum Gasteiger partial charge on any atom is -0.335 e. The quantitative estimate of drug-likeness (QED) is 0.471. The predicted octanol–water partition coefficient (Wildman–Crippen LogP) is 4.12. The Hall–Kier alpha value is -1.65. The van der Waals surface area contributed by atoms with Crippen LogP contribution in [0.2, 0.25) is 5.02 Å². The molecule has 3 nitrogen and oxygen atoms in total. The Labute approximate surface area is 134 Å². The maximum absolute atomic E-state index is 9.73. The third kappa shape index (κ3) is 4.16. The van der Waals surface area contributed by atoms with Crippen molar-refractivity contribution in [2.45, 2.75) is 6.54 Å². The van der Waals surface area contributed by atoms with Crippen LogP contribution < -0.4 is 4.31 Å². The van der Waals surface area contributed by atoms with E-state index in [1.54, 1.807) is 18.0 Å². The lowest BCUT2D eigenvalue weighted by molar-refractivity contribution is 0.357. The highest BCUT2D eigenvalue weighted by Gasteiger charge is 2.17. The zero-order valence-electron chi connectivity index (χ0n) is 11.9. The number of nitrogens with zero attached hydrogens (tertiary/aromatic N) is 1. The maximum Gasteiger partial charge on any atom is 0.517 e. The highest BCUT2D eigenvalue weighted by Crippen LogP contribution is 2.28. The monoisotopic (exact) mass is 322 g/mol. The first-order valence-electron chi connectivity index (χ1n) is 6.40. The Morgan fingerprint density at radius 2 is 1.95 bits per heavy atom. The van der Waals surface area contributed by atoms with Gasteiger partial charge in [-0.2, -0.15) is 0 Å². The van der Waals surface area contributed by atoms with Crippen LogP contribution in [0.25, 0.3) is 0 Å². The molecule has 0 heterocycles. The predicted molar refractivity (Wildman–Crippen MR) is 90.6 cm³/mol. The van der Waals surface area contributed by atoms with Gasteiger partial charge < -0.3 is 13.8 Å². The molecule has 0 aliphatic carbocycles. The number of hydrogen-bond donors (Lipinski definition) is 0. The largest absolute Gasteiger partial charge is 0.517 e. The van der Waals surface area contributed by atoms with Crippen LogP contribution in [-0.4, -0.2) is 24.1 Å². The molecule has 0 saturated heterocycles. The zero-order valence-corrected chi connectivity index (χ0v) is 13.5. The summed E-state index contributed by atoms with van der Waals surface area (Å²) in [5.74, 6) is -0.139. The summed E-state index contributed by atoms with van der Waals surface area (Å²) in [7, 11) is 1.42. The fraction of sp³-hybridized carbons (Fsp3) is 0.188. The normalized spacial score (nSPS) is 10.2. The van der Waals surface area contributed by atoms with Gasteiger partial charge in [-0.3, -0.25) is 0 Å². The Morgan fingerprint density at radius 3 is 2.57 bits per heavy atom. The number of methoxy groups -OCH3 is 1. The number of carbonyl (C=O) groups excluding carboxylic acids is 1. The summed E-state index contributed by atoms with van der Waals surface area (Å²) in [5, 5.41) is 0.554. The van der Waals surface area contributed by atoms with Gasteiger partial charge in [-0.25, -0.2) is 0 Å². The van der Waals surface area contributed by atoms with Crippen molar-refractivity contribution < 1.29 is 9.53 Å². The fourth-order valence-corrected chi connectivity index (χ4v) is 2.79. The van der Waals surface area contributed by atoms with E-state index in [-0.39, 0.29) is 5.97 Å². The van der Waals surface area contributed by atoms with Crippen molar-refractivity contribution >= 4 is 35.2 Å². The molecule has 2 aromatic carbocycles. The topological polar surface area (TPSA) is 33.9 Å². The first kappa shape index (κ1) is 15.7. The average Bonchev–Trinajstić information content (AvgIpc) is 2.52. The fourth-order valence-electron chi connectivity index (χ4n) is 1.97. The minimum absolute atomic E-state index is 0.139. The molecule has 110 valence electrons. The molecule has 21 heavy (non-hydrogen) atoms. The second-order valence-corrected chi connectivity index (χ2v) is 5.65. The molecular weight excluding hydrogens is 306 g/mol. The van der Waals surface area contributed by atoms with E-state index in [4.69, 9.17) is 16.3 Å². The summed E-state index contributed by atoms with van der Waals surface area (Å²) in [4.78, 5) is 9.73. The average molecular weight is 323 g/mol. The van der Waals surface area contributed by atoms with Gasteiger partial charge in [0.1, 0.15) is 5.56 Å². The Balaban J connectivity index is 2.29. The lowest BCUT2D eigenvalue weighted by atomic mass is 10.2. The van der Waals surface area contributed by atoms with E-state index >= 15 is 0 Å². The van der Waals surface area contributed by atoms with Crippen LogP contribution in [0, 0.1) is 0 Å². The Morgan fingerprint density at radius 1 is 1.24 bits per heavy atom. The van der Waals surface area contributed by atoms with Crippen LogP contribution in [0.15, 0.2) is 48.5 Å². The molecule has 0 unspecified atom stereocenters. The van der Waals surface area contributed by atoms with E-state index in [1.165, 1.54) is 12.7 Å². The molecule has 2 aromatic rings. The molecule has 0 aliphatic rings. The van der Waals surface area contributed by atoms with Gasteiger partial charge in [-0.1, -0.05) is 53.9 Å². The summed E-state index contributed by atoms with van der Waals surface area (Å²) in [6.45, 7) is 0.746. The molecule has 0 spiro atoms. The van der Waals surface area contributed by atoms with E-state index in [9.17, 15) is 4.79 Å². The van der Waals surface area contributed by atoms with Crippen molar-refractivity contribution in [3.05, 3.63) is 64.7 Å². The SMILES string of the molecule is COC(=[OH+])c1cc(Cl)cc(N(Cc2ccccc2)SC)c1. The van der Waals surface area contributed by atoms with Crippen LogP contribution in [0.4, 0.5) is 5.69 Å². The van der Waals surface area contributed by atoms with Gasteiger partial charge in [0.25, 0.3) is 0 Å². The van der Waals surface area contributed by atoms with E-state index in [0.717, 1.165) is 12.2 Å². The van der Waals surface area contributed by atoms with Gasteiger partial charge in [0.05, 0.1) is 6.54 Å². The smallest absolute Gasteiger partial charge is 0.335 e. The van der Waals surface area contributed by atoms with Crippen LogP contribution >= 0.6 is 23.5 Å². The van der Waals surface area contributed by atoms with E-state index < -0.39 is 0 Å². The van der Waals surface area contributed by atoms with Crippen molar-refractivity contribution in [3.8, 4) is 0 Å². The van der Waals surface area contributed by atoms with Crippen LogP contribution in [-0.2, 0) is 11.3 Å². The number of halogens is 1. The van der Waals surface area contributed by atoms with E-state index in [0.29, 0.717) is 10.6 Å². The van der Waals surface area contributed by atoms with Crippen LogP contribution in [0.5, 0.6) is 0 Å². The molecule has 5 heteroatoms. The van der Waals surface area contributed by atoms with Crippen molar-refractivity contribution in [1.29, 1.82) is 0 Å². The number of hydrogen-bond acceptors (Lipinski definition) is 3. The minimum atomic E-state index is -0.139. The summed E-state index contributed by atoms with van der Waals surface area (Å²) in [6, 6.07) is 15.6. The standard InChI is InChI=1S/C16H16ClNO2S/c1-20-16(19)13-8-14(17)10-15(9-13)18(21-2)11-12-6-4-3-5-7-12/h3-10H,11H2,1-2H3/p+1. The molecule has 0 aliphatic heterocycles. The third-order valence-electron chi connectivity index (χ3n) is 3.00. The number of benzene rings is 2. The van der Waals surface area contributed by atoms with Gasteiger partial charge in [-0.15, -0.1) is 0 Å². The molecule has 0 bridgehead atoms. The third-order valence-corrected chi connectivity index (χ3v) is 4.00. The number of esters is 1. The second-order valence-electron chi connectivity index (χ2n) is 4.41. The summed E-state index contributed by atoms with van der Waals surface area (Å²) in [5.41, 5.74) is 2.68. The van der Waals surface area contributed by atoms with Crippen molar-refractivity contribution in [2.24, 2.45) is 0 Å². The zero-order chi connectivity index (χ0) is 15.2. The highest BCUT2D eigenvalue weighted by molar-refractivity contribution is 7.99. The molecule has 1 N–H and O–H groups in total. The number of anilines is 1. The van der Waals surface area contributed by atoms with Crippen molar-refractivity contribution in [3.63, 3.8) is 0 Å². The highest BCUT2D eigenvalue weighted by atomic mass is 35.5. The molecule has 0 fully saturated rings. The van der Waals surface area contributed by atoms with E-state index in [1.807, 2.05) is 36.6 Å². The van der Waals surface area contributed by atoms with Gasteiger partial charge in [0.15, 0.2) is 7.11 Å². The molecule has 0 radical (unpaired) electrons. The number of rotatable bonds is 5. The first-order valence-corrected chi connectivity index (χ1v) is 7.96. The maximum atomic E-state index is 9.73. The molecule has 0 atom stereocenters. The molecular formula is C16H17ClNO2S+. The first-order chi connectivity index (χ1) is 10.1. The van der Waals surface area contributed by atoms with Crippen LogP contribution in [0.1, 0.15) is 11.1 Å². The lowest BCUT2D eigenvalue weighted by Crippen LogP contribution is -2.14. The molecule has 0 saturated carbocycles. The van der Waals surface area contributed by atoms with Crippen molar-refractivity contribution in [2.75, 3.05) is 17.7 Å². The number of ether oxygens (including phenoxy) is 1. The lowest BCUT2D eigenvalue weighted by Gasteiger charge is -2.22. The Kier molecular flexibility index (Phi) is 5.53. The van der Waals surface area contributed by atoms with Gasteiger partial charge in [0, 0.05) is 17.0 Å². The summed E-state index contributed by atoms with van der Waals surface area (Å²) < 4.78 is 6.97. The molecule has 0 aromatic heterocycles. The Bertz CT molecular complexity index is 619. The van der Waals surface area contributed by atoms with E-state index in [2.05, 4.69) is 16.4 Å². The summed E-state index contributed by atoms with van der Waals surface area (Å²) in [6.07, 6.45) is 2.00. The van der Waals surface area contributed by atoms with Gasteiger partial charge in [0.2, 0.25) is 0 Å². The van der Waals surface area contributed by atoms with Gasteiger partial charge >= 0.3 is 5.97 Å². The van der Waals surface area contributed by atoms with Crippen LogP contribution in [0.3, 0.4) is 0 Å². The van der Waals surface area contributed by atoms with Gasteiger partial charge in [-0.05, 0) is 23.8 Å². The second kappa shape index (κ2) is 7.38. The summed E-state index contributed by atoms with van der Waals surface area (Å²) >= 11 is 7.74. The van der Waals surface area contributed by atoms with Crippen molar-refractivity contribution in [1.82, 2.24) is 0 Å². The molecule has 0 amide bonds.